The van der Waals surface area contributed by atoms with Gasteiger partial charge in [-0.15, -0.1) is 0 Å². The Kier molecular flexibility index (Phi) is 5.77. The summed E-state index contributed by atoms with van der Waals surface area (Å²) in [6.45, 7) is 0.505. The molecule has 0 bridgehead atoms. The van der Waals surface area contributed by atoms with Crippen LogP contribution in [0.5, 0.6) is 0 Å². The molecule has 0 aliphatic carbocycles. The number of carbonyl (C=O) groups is 1. The molecular formula is C24H17F4N3O. The van der Waals surface area contributed by atoms with Crippen molar-refractivity contribution < 1.29 is 22.4 Å². The van der Waals surface area contributed by atoms with Crippen LogP contribution >= 0.6 is 0 Å². The Morgan fingerprint density at radius 3 is 2.50 bits per heavy atom. The molecule has 0 aliphatic rings. The maximum absolute atomic E-state index is 13.2. The van der Waals surface area contributed by atoms with Crippen molar-refractivity contribution in [2.24, 2.45) is 5.10 Å². The summed E-state index contributed by atoms with van der Waals surface area (Å²) < 4.78 is 53.7. The van der Waals surface area contributed by atoms with Crippen LogP contribution in [0.1, 0.15) is 27.0 Å². The van der Waals surface area contributed by atoms with Crippen LogP contribution in [-0.4, -0.2) is 16.7 Å². The molecule has 4 rings (SSSR count). The number of nitrogens with zero attached hydrogens (tertiary/aromatic N) is 2. The quantitative estimate of drug-likeness (QED) is 0.245. The van der Waals surface area contributed by atoms with Crippen molar-refractivity contribution in [1.29, 1.82) is 0 Å². The van der Waals surface area contributed by atoms with Gasteiger partial charge in [-0.05, 0) is 42.0 Å². The van der Waals surface area contributed by atoms with Crippen LogP contribution in [0.4, 0.5) is 17.6 Å². The number of hydrogen-bond acceptors (Lipinski definition) is 2. The van der Waals surface area contributed by atoms with Gasteiger partial charge < -0.3 is 4.57 Å². The highest BCUT2D eigenvalue weighted by atomic mass is 19.4. The zero-order valence-corrected chi connectivity index (χ0v) is 16.6. The van der Waals surface area contributed by atoms with Crippen LogP contribution < -0.4 is 5.43 Å². The van der Waals surface area contributed by atoms with Gasteiger partial charge in [0.1, 0.15) is 5.82 Å². The fourth-order valence-corrected chi connectivity index (χ4v) is 3.36. The van der Waals surface area contributed by atoms with Crippen molar-refractivity contribution in [3.05, 3.63) is 107 Å². The molecule has 4 nitrogen and oxygen atoms in total. The highest BCUT2D eigenvalue weighted by Crippen LogP contribution is 2.29. The summed E-state index contributed by atoms with van der Waals surface area (Å²) in [5.41, 5.74) is 3.77. The second-order valence-corrected chi connectivity index (χ2v) is 7.13. The molecule has 0 saturated carbocycles. The first kappa shape index (κ1) is 21.3. The zero-order chi connectivity index (χ0) is 22.7. The third-order valence-corrected chi connectivity index (χ3v) is 4.91. The topological polar surface area (TPSA) is 46.4 Å². The number of hydrogen-bond donors (Lipinski definition) is 1. The number of alkyl halides is 3. The number of para-hydroxylation sites is 1. The Morgan fingerprint density at radius 1 is 1.00 bits per heavy atom. The number of amides is 1. The van der Waals surface area contributed by atoms with Crippen LogP contribution in [-0.2, 0) is 12.7 Å². The molecule has 0 unspecified atom stereocenters. The summed E-state index contributed by atoms with van der Waals surface area (Å²) in [6, 6.07) is 17.9. The minimum absolute atomic E-state index is 0.143. The number of carbonyl (C=O) groups excluding carboxylic acids is 1. The fraction of sp³-hybridized carbons (Fsp3) is 0.0833. The minimum Gasteiger partial charge on any atom is -0.342 e. The molecular weight excluding hydrogens is 422 g/mol. The summed E-state index contributed by atoms with van der Waals surface area (Å²) in [6.07, 6.45) is -1.26. The molecule has 0 aliphatic heterocycles. The molecule has 162 valence electrons. The Labute approximate surface area is 180 Å². The molecule has 4 aromatic rings. The van der Waals surface area contributed by atoms with E-state index in [9.17, 15) is 22.4 Å². The van der Waals surface area contributed by atoms with Gasteiger partial charge in [-0.25, -0.2) is 9.82 Å². The van der Waals surface area contributed by atoms with Crippen molar-refractivity contribution in [3.8, 4) is 0 Å². The maximum Gasteiger partial charge on any atom is 0.416 e. The van der Waals surface area contributed by atoms with Crippen LogP contribution in [0.2, 0.25) is 0 Å². The molecule has 3 aromatic carbocycles. The van der Waals surface area contributed by atoms with Crippen molar-refractivity contribution in [3.63, 3.8) is 0 Å². The fourth-order valence-electron chi connectivity index (χ4n) is 3.36. The summed E-state index contributed by atoms with van der Waals surface area (Å²) in [5.74, 6) is -1.06. The SMILES string of the molecule is O=C(N/N=C/c1cn(Cc2ccc(F)cc2)c2ccccc12)c1cccc(C(F)(F)F)c1. The third-order valence-electron chi connectivity index (χ3n) is 4.91. The van der Waals surface area contributed by atoms with Crippen LogP contribution in [0.25, 0.3) is 10.9 Å². The predicted molar refractivity (Wildman–Crippen MR) is 114 cm³/mol. The van der Waals surface area contributed by atoms with Crippen LogP contribution in [0.3, 0.4) is 0 Å². The smallest absolute Gasteiger partial charge is 0.342 e. The lowest BCUT2D eigenvalue weighted by molar-refractivity contribution is -0.137. The van der Waals surface area contributed by atoms with Crippen LogP contribution in [0, 0.1) is 5.82 Å². The lowest BCUT2D eigenvalue weighted by Gasteiger charge is -2.07. The molecule has 0 spiro atoms. The lowest BCUT2D eigenvalue weighted by atomic mass is 10.1. The first-order chi connectivity index (χ1) is 15.3. The van der Waals surface area contributed by atoms with Gasteiger partial charge in [0, 0.05) is 34.8 Å². The van der Waals surface area contributed by atoms with E-state index in [1.807, 2.05) is 35.0 Å². The highest BCUT2D eigenvalue weighted by Gasteiger charge is 2.30. The van der Waals surface area contributed by atoms with Crippen molar-refractivity contribution in [2.75, 3.05) is 0 Å². The number of hydrazone groups is 1. The third kappa shape index (κ3) is 4.69. The standard InChI is InChI=1S/C24H17F4N3O/c25-20-10-8-16(9-11-20)14-31-15-18(21-6-1-2-7-22(21)31)13-29-30-23(32)17-4-3-5-19(12-17)24(26,27)28/h1-13,15H,14H2,(H,30,32)/b29-13+. The lowest BCUT2D eigenvalue weighted by Crippen LogP contribution is -2.18. The number of fused-ring (bicyclic) bond motifs is 1. The number of halogens is 4. The summed E-state index contributed by atoms with van der Waals surface area (Å²) in [4.78, 5) is 12.2. The van der Waals surface area contributed by atoms with Crippen molar-refractivity contribution >= 4 is 23.0 Å². The Balaban J connectivity index is 1.54. The van der Waals surface area contributed by atoms with Gasteiger partial charge in [-0.1, -0.05) is 36.4 Å². The van der Waals surface area contributed by atoms with E-state index in [1.54, 1.807) is 12.1 Å². The summed E-state index contributed by atoms with van der Waals surface area (Å²) in [7, 11) is 0. The number of aromatic nitrogens is 1. The van der Waals surface area contributed by atoms with E-state index in [1.165, 1.54) is 30.5 Å². The van der Waals surface area contributed by atoms with Gasteiger partial charge in [0.15, 0.2) is 0 Å². The van der Waals surface area contributed by atoms with E-state index >= 15 is 0 Å². The van der Waals surface area contributed by atoms with Gasteiger partial charge in [-0.2, -0.15) is 18.3 Å². The number of benzene rings is 3. The molecule has 0 saturated heterocycles. The van der Waals surface area contributed by atoms with Crippen molar-refractivity contribution in [1.82, 2.24) is 9.99 Å². The second-order valence-electron chi connectivity index (χ2n) is 7.13. The Hall–Kier alpha value is -3.94. The van der Waals surface area contributed by atoms with E-state index < -0.39 is 17.6 Å². The predicted octanol–water partition coefficient (Wildman–Crippen LogP) is 5.61. The Morgan fingerprint density at radius 2 is 1.75 bits per heavy atom. The molecule has 1 aromatic heterocycles. The van der Waals surface area contributed by atoms with Crippen molar-refractivity contribution in [2.45, 2.75) is 12.7 Å². The first-order valence-electron chi connectivity index (χ1n) is 9.64. The largest absolute Gasteiger partial charge is 0.416 e. The van der Waals surface area contributed by atoms with E-state index in [-0.39, 0.29) is 11.4 Å². The molecule has 0 radical (unpaired) electrons. The van der Waals surface area contributed by atoms with Gasteiger partial charge in [-0.3, -0.25) is 4.79 Å². The van der Waals surface area contributed by atoms with Gasteiger partial charge >= 0.3 is 6.18 Å². The molecule has 1 heterocycles. The van der Waals surface area contributed by atoms with E-state index in [0.29, 0.717) is 12.1 Å². The summed E-state index contributed by atoms with van der Waals surface area (Å²) >= 11 is 0. The average Bonchev–Trinajstić information content (AvgIpc) is 3.12. The van der Waals surface area contributed by atoms with Crippen LogP contribution in [0.15, 0.2) is 84.1 Å². The Bertz CT molecular complexity index is 1290. The van der Waals surface area contributed by atoms with Gasteiger partial charge in [0.25, 0.3) is 5.91 Å². The normalized spacial score (nSPS) is 11.9. The monoisotopic (exact) mass is 439 g/mol. The molecule has 0 fully saturated rings. The van der Waals surface area contributed by atoms with Gasteiger partial charge in [0.2, 0.25) is 0 Å². The molecule has 1 amide bonds. The number of rotatable bonds is 5. The minimum atomic E-state index is -4.54. The average molecular weight is 439 g/mol. The maximum atomic E-state index is 13.2. The molecule has 1 N–H and O–H groups in total. The van der Waals surface area contributed by atoms with E-state index in [2.05, 4.69) is 10.5 Å². The molecule has 0 atom stereocenters. The van der Waals surface area contributed by atoms with Gasteiger partial charge in [0.05, 0.1) is 11.8 Å². The highest BCUT2D eigenvalue weighted by molar-refractivity contribution is 6.00. The van der Waals surface area contributed by atoms with E-state index in [0.717, 1.165) is 28.6 Å². The number of nitrogens with one attached hydrogen (secondary N) is 1. The molecule has 32 heavy (non-hydrogen) atoms. The molecule has 8 heteroatoms. The second kappa shape index (κ2) is 8.66. The summed E-state index contributed by atoms with van der Waals surface area (Å²) in [5, 5.41) is 4.80. The first-order valence-corrected chi connectivity index (χ1v) is 9.64. The zero-order valence-electron chi connectivity index (χ0n) is 16.6. The van der Waals surface area contributed by atoms with E-state index in [4.69, 9.17) is 0 Å².